The van der Waals surface area contributed by atoms with Crippen LogP contribution in [-0.4, -0.2) is 76.8 Å². The molecule has 1 unspecified atom stereocenters. The number of pyridine rings is 1. The molecular formula is C21H35N5O3. The van der Waals surface area contributed by atoms with Crippen LogP contribution in [0.25, 0.3) is 0 Å². The molecule has 0 saturated carbocycles. The van der Waals surface area contributed by atoms with Gasteiger partial charge >= 0.3 is 0 Å². The number of hydrogen-bond acceptors (Lipinski definition) is 6. The van der Waals surface area contributed by atoms with E-state index in [0.717, 1.165) is 96.0 Å². The van der Waals surface area contributed by atoms with E-state index in [9.17, 15) is 0 Å². The minimum Gasteiger partial charge on any atom is -0.381 e. The second-order valence-electron chi connectivity index (χ2n) is 7.37. The first-order valence-electron chi connectivity index (χ1n) is 10.8. The molecule has 0 aliphatic carbocycles. The Hall–Kier alpha value is -1.90. The van der Waals surface area contributed by atoms with Crippen LogP contribution in [0, 0.1) is 5.92 Å². The standard InChI is InChI=1S/C21H35N5O3/c1-2-22-21(24-8-4-11-28-16-18-6-12-29-17-18)25-15-19-5-3-7-23-20(19)26-9-13-27-14-10-26/h3,5,7,18H,2,4,6,8-17H2,1H3,(H2,22,24,25). The zero-order chi connectivity index (χ0) is 20.2. The van der Waals surface area contributed by atoms with E-state index in [2.05, 4.69) is 33.5 Å². The summed E-state index contributed by atoms with van der Waals surface area (Å²) in [6, 6.07) is 4.08. The van der Waals surface area contributed by atoms with Gasteiger partial charge in [0.1, 0.15) is 5.82 Å². The first-order valence-corrected chi connectivity index (χ1v) is 10.8. The van der Waals surface area contributed by atoms with Crippen molar-refractivity contribution in [3.63, 3.8) is 0 Å². The summed E-state index contributed by atoms with van der Waals surface area (Å²) < 4.78 is 16.6. The topological polar surface area (TPSA) is 80.2 Å². The van der Waals surface area contributed by atoms with Crippen LogP contribution < -0.4 is 15.5 Å². The van der Waals surface area contributed by atoms with E-state index < -0.39 is 0 Å². The van der Waals surface area contributed by atoms with Gasteiger partial charge in [-0.1, -0.05) is 6.07 Å². The second kappa shape index (κ2) is 12.6. The maximum absolute atomic E-state index is 5.77. The molecule has 1 aromatic heterocycles. The summed E-state index contributed by atoms with van der Waals surface area (Å²) in [7, 11) is 0. The van der Waals surface area contributed by atoms with Gasteiger partial charge in [0, 0.05) is 57.1 Å². The molecule has 162 valence electrons. The van der Waals surface area contributed by atoms with E-state index in [4.69, 9.17) is 19.2 Å². The smallest absolute Gasteiger partial charge is 0.191 e. The lowest BCUT2D eigenvalue weighted by atomic mass is 10.1. The summed E-state index contributed by atoms with van der Waals surface area (Å²) >= 11 is 0. The van der Waals surface area contributed by atoms with Crippen molar-refractivity contribution in [1.82, 2.24) is 15.6 Å². The third-order valence-corrected chi connectivity index (χ3v) is 5.07. The van der Waals surface area contributed by atoms with E-state index in [0.29, 0.717) is 12.5 Å². The molecule has 3 heterocycles. The van der Waals surface area contributed by atoms with Gasteiger partial charge in [0.25, 0.3) is 0 Å². The SMILES string of the molecule is CCNC(=NCc1cccnc1N1CCOCC1)NCCCOCC1CCOC1. The Bertz CT molecular complexity index is 616. The molecule has 1 aromatic rings. The fourth-order valence-corrected chi connectivity index (χ4v) is 3.47. The average Bonchev–Trinajstić information content (AvgIpc) is 3.29. The van der Waals surface area contributed by atoms with Crippen LogP contribution in [0.5, 0.6) is 0 Å². The van der Waals surface area contributed by atoms with Crippen molar-refractivity contribution >= 4 is 11.8 Å². The molecule has 2 saturated heterocycles. The summed E-state index contributed by atoms with van der Waals surface area (Å²) in [4.78, 5) is 11.6. The lowest BCUT2D eigenvalue weighted by Crippen LogP contribution is -2.38. The van der Waals surface area contributed by atoms with Gasteiger partial charge in [0.2, 0.25) is 0 Å². The van der Waals surface area contributed by atoms with Crippen molar-refractivity contribution in [3.05, 3.63) is 23.9 Å². The van der Waals surface area contributed by atoms with E-state index in [-0.39, 0.29) is 0 Å². The Morgan fingerprint density at radius 2 is 2.17 bits per heavy atom. The van der Waals surface area contributed by atoms with Crippen LogP contribution in [0.1, 0.15) is 25.3 Å². The fraction of sp³-hybridized carbons (Fsp3) is 0.714. The zero-order valence-electron chi connectivity index (χ0n) is 17.6. The summed E-state index contributed by atoms with van der Waals surface area (Å²) in [5, 5.41) is 6.71. The van der Waals surface area contributed by atoms with Gasteiger partial charge in [-0.25, -0.2) is 9.98 Å². The third-order valence-electron chi connectivity index (χ3n) is 5.07. The van der Waals surface area contributed by atoms with Crippen molar-refractivity contribution in [2.24, 2.45) is 10.9 Å². The molecule has 29 heavy (non-hydrogen) atoms. The predicted octanol–water partition coefficient (Wildman–Crippen LogP) is 1.42. The number of ether oxygens (including phenoxy) is 3. The van der Waals surface area contributed by atoms with Gasteiger partial charge in [-0.3, -0.25) is 0 Å². The van der Waals surface area contributed by atoms with Crippen molar-refractivity contribution < 1.29 is 14.2 Å². The van der Waals surface area contributed by atoms with Gasteiger partial charge in [-0.2, -0.15) is 0 Å². The maximum Gasteiger partial charge on any atom is 0.191 e. The van der Waals surface area contributed by atoms with Gasteiger partial charge in [-0.15, -0.1) is 0 Å². The maximum atomic E-state index is 5.77. The second-order valence-corrected chi connectivity index (χ2v) is 7.37. The number of aromatic nitrogens is 1. The number of hydrogen-bond donors (Lipinski definition) is 2. The molecule has 0 aromatic carbocycles. The fourth-order valence-electron chi connectivity index (χ4n) is 3.47. The number of nitrogens with zero attached hydrogens (tertiary/aromatic N) is 3. The molecule has 1 atom stereocenters. The largest absolute Gasteiger partial charge is 0.381 e. The van der Waals surface area contributed by atoms with Gasteiger partial charge in [0.05, 0.1) is 33.0 Å². The predicted molar refractivity (Wildman–Crippen MR) is 114 cm³/mol. The van der Waals surface area contributed by atoms with E-state index in [1.54, 1.807) is 0 Å². The average molecular weight is 406 g/mol. The van der Waals surface area contributed by atoms with Gasteiger partial charge < -0.3 is 29.7 Å². The monoisotopic (exact) mass is 405 g/mol. The number of rotatable bonds is 10. The first kappa shape index (κ1) is 21.8. The van der Waals surface area contributed by atoms with Crippen LogP contribution in [0.2, 0.25) is 0 Å². The highest BCUT2D eigenvalue weighted by Crippen LogP contribution is 2.19. The molecule has 2 aliphatic rings. The summed E-state index contributed by atoms with van der Waals surface area (Å²) in [6.45, 7) is 10.9. The van der Waals surface area contributed by atoms with Crippen molar-refractivity contribution in [2.75, 3.05) is 70.7 Å². The highest BCUT2D eigenvalue weighted by atomic mass is 16.5. The first-order chi connectivity index (χ1) is 14.4. The minimum atomic E-state index is 0.571. The molecule has 2 fully saturated rings. The summed E-state index contributed by atoms with van der Waals surface area (Å²) in [5.41, 5.74) is 1.13. The summed E-state index contributed by atoms with van der Waals surface area (Å²) in [6.07, 6.45) is 3.92. The number of anilines is 1. The van der Waals surface area contributed by atoms with Gasteiger partial charge in [0.15, 0.2) is 5.96 Å². The van der Waals surface area contributed by atoms with E-state index in [1.807, 2.05) is 12.3 Å². The molecule has 2 N–H and O–H groups in total. The van der Waals surface area contributed by atoms with E-state index in [1.165, 1.54) is 0 Å². The molecule has 0 amide bonds. The highest BCUT2D eigenvalue weighted by Gasteiger charge is 2.16. The minimum absolute atomic E-state index is 0.571. The summed E-state index contributed by atoms with van der Waals surface area (Å²) in [5.74, 6) is 2.41. The van der Waals surface area contributed by atoms with Crippen molar-refractivity contribution in [3.8, 4) is 0 Å². The number of aliphatic imine (C=N–C) groups is 1. The normalized spacial score (nSPS) is 20.1. The molecule has 2 aliphatic heterocycles. The quantitative estimate of drug-likeness (QED) is 0.346. The Balaban J connectivity index is 1.43. The Labute approximate surface area is 174 Å². The molecular weight excluding hydrogens is 370 g/mol. The molecule has 0 spiro atoms. The Kier molecular flexibility index (Phi) is 9.49. The Morgan fingerprint density at radius 1 is 1.28 bits per heavy atom. The van der Waals surface area contributed by atoms with Crippen LogP contribution in [0.4, 0.5) is 5.82 Å². The highest BCUT2D eigenvalue weighted by molar-refractivity contribution is 5.79. The molecule has 0 radical (unpaired) electrons. The van der Waals surface area contributed by atoms with Crippen LogP contribution in [0.3, 0.4) is 0 Å². The molecule has 8 heteroatoms. The molecule has 0 bridgehead atoms. The Morgan fingerprint density at radius 3 is 2.97 bits per heavy atom. The third kappa shape index (κ3) is 7.45. The van der Waals surface area contributed by atoms with E-state index >= 15 is 0 Å². The lowest BCUT2D eigenvalue weighted by molar-refractivity contribution is 0.0888. The number of morpholine rings is 1. The van der Waals surface area contributed by atoms with Crippen molar-refractivity contribution in [2.45, 2.75) is 26.3 Å². The molecule has 3 rings (SSSR count). The lowest BCUT2D eigenvalue weighted by Gasteiger charge is -2.29. The number of nitrogens with one attached hydrogen (secondary N) is 2. The van der Waals surface area contributed by atoms with Crippen molar-refractivity contribution in [1.29, 1.82) is 0 Å². The number of guanidine groups is 1. The molecule has 8 nitrogen and oxygen atoms in total. The van der Waals surface area contributed by atoms with Crippen LogP contribution in [0.15, 0.2) is 23.3 Å². The van der Waals surface area contributed by atoms with Gasteiger partial charge in [-0.05, 0) is 25.8 Å². The van der Waals surface area contributed by atoms with Crippen LogP contribution >= 0.6 is 0 Å². The zero-order valence-corrected chi connectivity index (χ0v) is 17.6. The van der Waals surface area contributed by atoms with Crippen LogP contribution in [-0.2, 0) is 20.8 Å².